The average Bonchev–Trinajstić information content (AvgIpc) is 2.86. The van der Waals surface area contributed by atoms with Crippen molar-refractivity contribution in [2.75, 3.05) is 0 Å². The summed E-state index contributed by atoms with van der Waals surface area (Å²) in [6.07, 6.45) is 0. The van der Waals surface area contributed by atoms with Crippen molar-refractivity contribution in [1.29, 1.82) is 0 Å². The molecule has 2 rings (SSSR count). The third-order valence-corrected chi connectivity index (χ3v) is 4.76. The Labute approximate surface area is 126 Å². The van der Waals surface area contributed by atoms with Gasteiger partial charge in [-0.3, -0.25) is 0 Å². The first-order valence-electron chi connectivity index (χ1n) is 5.47. The molecular weight excluding hydrogens is 309 g/mol. The Morgan fingerprint density at radius 1 is 1.17 bits per heavy atom. The molecule has 96 valence electrons. The van der Waals surface area contributed by atoms with Crippen LogP contribution in [-0.4, -0.2) is 0 Å². The number of rotatable bonds is 4. The second kappa shape index (κ2) is 6.27. The molecule has 1 aromatic heterocycles. The van der Waals surface area contributed by atoms with Gasteiger partial charge >= 0.3 is 0 Å². The lowest BCUT2D eigenvalue weighted by Gasteiger charge is -2.16. The SMILES string of the molecule is CC(NCc1ccsc1)c1ccc(Cl)c(Cl)c1Cl. The summed E-state index contributed by atoms with van der Waals surface area (Å²) in [5.74, 6) is 0. The van der Waals surface area contributed by atoms with Gasteiger partial charge in [-0.1, -0.05) is 40.9 Å². The summed E-state index contributed by atoms with van der Waals surface area (Å²) in [5.41, 5.74) is 2.23. The van der Waals surface area contributed by atoms with Gasteiger partial charge in [0, 0.05) is 12.6 Å². The van der Waals surface area contributed by atoms with Crippen molar-refractivity contribution in [3.8, 4) is 0 Å². The summed E-state index contributed by atoms with van der Waals surface area (Å²) in [4.78, 5) is 0. The quantitative estimate of drug-likeness (QED) is 0.727. The van der Waals surface area contributed by atoms with Gasteiger partial charge in [-0.05, 0) is 40.9 Å². The van der Waals surface area contributed by atoms with E-state index in [9.17, 15) is 0 Å². The Bertz CT molecular complexity index is 525. The van der Waals surface area contributed by atoms with Gasteiger partial charge in [0.25, 0.3) is 0 Å². The number of benzene rings is 1. The van der Waals surface area contributed by atoms with Crippen LogP contribution >= 0.6 is 46.1 Å². The van der Waals surface area contributed by atoms with Crippen molar-refractivity contribution in [2.45, 2.75) is 19.5 Å². The minimum Gasteiger partial charge on any atom is -0.306 e. The van der Waals surface area contributed by atoms with Crippen LogP contribution in [0.3, 0.4) is 0 Å². The van der Waals surface area contributed by atoms with E-state index in [1.165, 1.54) is 5.56 Å². The van der Waals surface area contributed by atoms with Gasteiger partial charge in [0.15, 0.2) is 0 Å². The van der Waals surface area contributed by atoms with Crippen LogP contribution in [0.1, 0.15) is 24.1 Å². The molecule has 1 heterocycles. The zero-order valence-corrected chi connectivity index (χ0v) is 12.8. The molecule has 1 aromatic carbocycles. The van der Waals surface area contributed by atoms with Gasteiger partial charge in [0.1, 0.15) is 0 Å². The highest BCUT2D eigenvalue weighted by Gasteiger charge is 2.13. The van der Waals surface area contributed by atoms with E-state index in [0.717, 1.165) is 12.1 Å². The van der Waals surface area contributed by atoms with Crippen molar-refractivity contribution < 1.29 is 0 Å². The van der Waals surface area contributed by atoms with Crippen LogP contribution in [0.2, 0.25) is 15.1 Å². The summed E-state index contributed by atoms with van der Waals surface area (Å²) in [5, 5.41) is 9.02. The highest BCUT2D eigenvalue weighted by atomic mass is 35.5. The number of hydrogen-bond acceptors (Lipinski definition) is 2. The number of thiophene rings is 1. The Balaban J connectivity index is 2.09. The van der Waals surface area contributed by atoms with E-state index in [1.807, 2.05) is 6.07 Å². The maximum absolute atomic E-state index is 6.20. The fourth-order valence-corrected chi connectivity index (χ4v) is 3.02. The van der Waals surface area contributed by atoms with Gasteiger partial charge in [-0.25, -0.2) is 0 Å². The first-order valence-corrected chi connectivity index (χ1v) is 7.55. The van der Waals surface area contributed by atoms with Crippen LogP contribution in [0.5, 0.6) is 0 Å². The zero-order chi connectivity index (χ0) is 13.1. The van der Waals surface area contributed by atoms with Gasteiger partial charge in [0.2, 0.25) is 0 Å². The normalized spacial score (nSPS) is 12.7. The molecule has 1 nitrogen and oxygen atoms in total. The molecule has 2 aromatic rings. The summed E-state index contributed by atoms with van der Waals surface area (Å²) >= 11 is 19.8. The zero-order valence-electron chi connectivity index (χ0n) is 9.71. The molecule has 0 bridgehead atoms. The minimum absolute atomic E-state index is 0.118. The van der Waals surface area contributed by atoms with Gasteiger partial charge in [0.05, 0.1) is 15.1 Å². The number of hydrogen-bond donors (Lipinski definition) is 1. The second-order valence-electron chi connectivity index (χ2n) is 4.00. The largest absolute Gasteiger partial charge is 0.306 e. The van der Waals surface area contributed by atoms with Crippen LogP contribution in [-0.2, 0) is 6.54 Å². The molecular formula is C13H12Cl3NS. The minimum atomic E-state index is 0.118. The standard InChI is InChI=1S/C13H12Cl3NS/c1-8(17-6-9-4-5-18-7-9)10-2-3-11(14)13(16)12(10)15/h2-5,7-8,17H,6H2,1H3. The molecule has 0 fully saturated rings. The fraction of sp³-hybridized carbons (Fsp3) is 0.231. The smallest absolute Gasteiger partial charge is 0.0781 e. The van der Waals surface area contributed by atoms with E-state index in [4.69, 9.17) is 34.8 Å². The van der Waals surface area contributed by atoms with Gasteiger partial charge < -0.3 is 5.32 Å². The summed E-state index contributed by atoms with van der Waals surface area (Å²) in [7, 11) is 0. The monoisotopic (exact) mass is 319 g/mol. The molecule has 0 spiro atoms. The molecule has 0 amide bonds. The highest BCUT2D eigenvalue weighted by molar-refractivity contribution is 7.07. The molecule has 0 aliphatic carbocycles. The van der Waals surface area contributed by atoms with Crippen molar-refractivity contribution in [3.05, 3.63) is 55.2 Å². The molecule has 0 aliphatic rings. The Morgan fingerprint density at radius 2 is 1.94 bits per heavy atom. The summed E-state index contributed by atoms with van der Waals surface area (Å²) < 4.78 is 0. The van der Waals surface area contributed by atoms with E-state index in [2.05, 4.69) is 29.1 Å². The Hall–Kier alpha value is -0.250. The van der Waals surface area contributed by atoms with E-state index in [0.29, 0.717) is 15.1 Å². The molecule has 0 aliphatic heterocycles. The summed E-state index contributed by atoms with van der Waals surface area (Å²) in [6.45, 7) is 2.86. The van der Waals surface area contributed by atoms with Crippen LogP contribution in [0.4, 0.5) is 0 Å². The maximum atomic E-state index is 6.20. The van der Waals surface area contributed by atoms with Gasteiger partial charge in [-0.2, -0.15) is 11.3 Å². The van der Waals surface area contributed by atoms with Crippen LogP contribution < -0.4 is 5.32 Å². The van der Waals surface area contributed by atoms with Crippen LogP contribution in [0.15, 0.2) is 29.0 Å². The molecule has 5 heteroatoms. The van der Waals surface area contributed by atoms with Gasteiger partial charge in [-0.15, -0.1) is 0 Å². The molecule has 18 heavy (non-hydrogen) atoms. The van der Waals surface area contributed by atoms with Crippen molar-refractivity contribution >= 4 is 46.1 Å². The molecule has 0 saturated heterocycles. The molecule has 0 saturated carbocycles. The lowest BCUT2D eigenvalue weighted by Crippen LogP contribution is -2.18. The lowest BCUT2D eigenvalue weighted by molar-refractivity contribution is 0.575. The molecule has 1 N–H and O–H groups in total. The van der Waals surface area contributed by atoms with Crippen molar-refractivity contribution in [3.63, 3.8) is 0 Å². The van der Waals surface area contributed by atoms with Crippen LogP contribution in [0, 0.1) is 0 Å². The predicted octanol–water partition coefficient (Wildman–Crippen LogP) is 5.56. The first-order chi connectivity index (χ1) is 8.59. The topological polar surface area (TPSA) is 12.0 Å². The van der Waals surface area contributed by atoms with Crippen molar-refractivity contribution in [2.24, 2.45) is 0 Å². The van der Waals surface area contributed by atoms with E-state index in [1.54, 1.807) is 17.4 Å². The first kappa shape index (κ1) is 14.2. The van der Waals surface area contributed by atoms with Crippen LogP contribution in [0.25, 0.3) is 0 Å². The third kappa shape index (κ3) is 3.19. The third-order valence-electron chi connectivity index (χ3n) is 2.72. The predicted molar refractivity (Wildman–Crippen MR) is 81.0 cm³/mol. The Morgan fingerprint density at radius 3 is 2.61 bits per heavy atom. The molecule has 1 unspecified atom stereocenters. The summed E-state index contributed by atoms with van der Waals surface area (Å²) in [6, 6.07) is 5.89. The average molecular weight is 321 g/mol. The lowest BCUT2D eigenvalue weighted by atomic mass is 10.1. The maximum Gasteiger partial charge on any atom is 0.0781 e. The van der Waals surface area contributed by atoms with E-state index >= 15 is 0 Å². The second-order valence-corrected chi connectivity index (χ2v) is 5.94. The number of halogens is 3. The van der Waals surface area contributed by atoms with Crippen molar-refractivity contribution in [1.82, 2.24) is 5.32 Å². The highest BCUT2D eigenvalue weighted by Crippen LogP contribution is 2.35. The fourth-order valence-electron chi connectivity index (χ4n) is 1.65. The number of nitrogens with one attached hydrogen (secondary N) is 1. The molecule has 0 radical (unpaired) electrons. The molecule has 1 atom stereocenters. The van der Waals surface area contributed by atoms with E-state index < -0.39 is 0 Å². The Kier molecular flexibility index (Phi) is 4.93. The van der Waals surface area contributed by atoms with E-state index in [-0.39, 0.29) is 6.04 Å².